The minimum Gasteiger partial charge on any atom is -0.379 e. The van der Waals surface area contributed by atoms with Gasteiger partial charge >= 0.3 is 0 Å². The van der Waals surface area contributed by atoms with Crippen molar-refractivity contribution in [1.82, 2.24) is 15.1 Å². The van der Waals surface area contributed by atoms with E-state index in [0.29, 0.717) is 6.54 Å². The van der Waals surface area contributed by atoms with Crippen LogP contribution in [0.2, 0.25) is 0 Å². The van der Waals surface area contributed by atoms with Crippen molar-refractivity contribution in [1.29, 1.82) is 0 Å². The summed E-state index contributed by atoms with van der Waals surface area (Å²) in [5.41, 5.74) is 1.07. The van der Waals surface area contributed by atoms with Crippen LogP contribution in [-0.2, 0) is 11.3 Å². The summed E-state index contributed by atoms with van der Waals surface area (Å²) in [4.78, 5) is 19.7. The SMILES string of the molecule is CCCCN(C)C(=NCc1ccc([N+](=O)[O-])cc1)NCCCN1CCOCC1. The van der Waals surface area contributed by atoms with Crippen LogP contribution in [0, 0.1) is 10.1 Å². The molecule has 0 aliphatic carbocycles. The molecular weight excluding hydrogens is 358 g/mol. The third-order valence-electron chi connectivity index (χ3n) is 4.81. The van der Waals surface area contributed by atoms with Crippen LogP contribution in [0.5, 0.6) is 0 Å². The minimum atomic E-state index is -0.382. The van der Waals surface area contributed by atoms with E-state index in [0.717, 1.165) is 76.7 Å². The molecule has 0 radical (unpaired) electrons. The lowest BCUT2D eigenvalue weighted by molar-refractivity contribution is -0.384. The van der Waals surface area contributed by atoms with Crippen molar-refractivity contribution in [2.75, 3.05) is 53.0 Å². The van der Waals surface area contributed by atoms with Crippen molar-refractivity contribution in [2.45, 2.75) is 32.7 Å². The summed E-state index contributed by atoms with van der Waals surface area (Å²) in [7, 11) is 2.05. The summed E-state index contributed by atoms with van der Waals surface area (Å²) in [6.07, 6.45) is 3.30. The number of guanidine groups is 1. The zero-order valence-electron chi connectivity index (χ0n) is 17.1. The van der Waals surface area contributed by atoms with E-state index in [1.807, 2.05) is 0 Å². The Hall–Kier alpha value is -2.19. The van der Waals surface area contributed by atoms with E-state index in [9.17, 15) is 10.1 Å². The van der Waals surface area contributed by atoms with Crippen LogP contribution in [0.1, 0.15) is 31.7 Å². The first-order valence-electron chi connectivity index (χ1n) is 10.1. The molecule has 0 atom stereocenters. The molecule has 1 aliphatic rings. The van der Waals surface area contributed by atoms with Crippen LogP contribution in [0.3, 0.4) is 0 Å². The number of unbranched alkanes of at least 4 members (excludes halogenated alkanes) is 1. The van der Waals surface area contributed by atoms with Crippen LogP contribution in [0.15, 0.2) is 29.3 Å². The van der Waals surface area contributed by atoms with Crippen molar-refractivity contribution < 1.29 is 9.66 Å². The Bertz CT molecular complexity index is 615. The van der Waals surface area contributed by atoms with E-state index in [1.165, 1.54) is 12.1 Å². The second-order valence-electron chi connectivity index (χ2n) is 7.07. The number of non-ortho nitro benzene ring substituents is 1. The maximum atomic E-state index is 10.8. The van der Waals surface area contributed by atoms with Crippen molar-refractivity contribution in [3.05, 3.63) is 39.9 Å². The number of nitro groups is 1. The number of nitrogens with zero attached hydrogens (tertiary/aromatic N) is 4. The molecule has 156 valence electrons. The number of benzene rings is 1. The molecule has 1 aliphatic heterocycles. The highest BCUT2D eigenvalue weighted by molar-refractivity contribution is 5.79. The molecule has 1 fully saturated rings. The molecule has 0 unspecified atom stereocenters. The van der Waals surface area contributed by atoms with Crippen molar-refractivity contribution in [2.24, 2.45) is 4.99 Å². The second kappa shape index (κ2) is 12.3. The first-order valence-corrected chi connectivity index (χ1v) is 10.1. The van der Waals surface area contributed by atoms with Gasteiger partial charge < -0.3 is 15.0 Å². The quantitative estimate of drug-likeness (QED) is 0.217. The normalized spacial score (nSPS) is 15.4. The fourth-order valence-corrected chi connectivity index (χ4v) is 3.03. The topological polar surface area (TPSA) is 83.2 Å². The Morgan fingerprint density at radius 1 is 1.29 bits per heavy atom. The summed E-state index contributed by atoms with van der Waals surface area (Å²) < 4.78 is 5.39. The molecule has 8 nitrogen and oxygen atoms in total. The van der Waals surface area contributed by atoms with Crippen LogP contribution < -0.4 is 5.32 Å². The van der Waals surface area contributed by atoms with E-state index in [4.69, 9.17) is 9.73 Å². The number of ether oxygens (including phenoxy) is 1. The van der Waals surface area contributed by atoms with Gasteiger partial charge in [0.15, 0.2) is 5.96 Å². The average molecular weight is 392 g/mol. The first kappa shape index (κ1) is 22.1. The van der Waals surface area contributed by atoms with Crippen LogP contribution in [0.4, 0.5) is 5.69 Å². The van der Waals surface area contributed by atoms with Crippen molar-refractivity contribution in [3.8, 4) is 0 Å². The van der Waals surface area contributed by atoms with E-state index >= 15 is 0 Å². The number of aliphatic imine (C=N–C) groups is 1. The lowest BCUT2D eigenvalue weighted by Crippen LogP contribution is -2.42. The van der Waals surface area contributed by atoms with Crippen molar-refractivity contribution >= 4 is 11.6 Å². The first-order chi connectivity index (χ1) is 13.6. The number of nitro benzene ring substituents is 1. The van der Waals surface area contributed by atoms with Gasteiger partial charge in [-0.3, -0.25) is 15.0 Å². The lowest BCUT2D eigenvalue weighted by atomic mass is 10.2. The highest BCUT2D eigenvalue weighted by atomic mass is 16.6. The summed E-state index contributed by atoms with van der Waals surface area (Å²) >= 11 is 0. The maximum absolute atomic E-state index is 10.8. The molecule has 1 heterocycles. The Kier molecular flexibility index (Phi) is 9.71. The van der Waals surface area contributed by atoms with Gasteiger partial charge in [-0.15, -0.1) is 0 Å². The van der Waals surface area contributed by atoms with Gasteiger partial charge in [0.2, 0.25) is 0 Å². The molecule has 0 aromatic heterocycles. The van der Waals surface area contributed by atoms with E-state index in [2.05, 4.69) is 29.1 Å². The second-order valence-corrected chi connectivity index (χ2v) is 7.07. The Balaban J connectivity index is 1.87. The van der Waals surface area contributed by atoms with Crippen LogP contribution >= 0.6 is 0 Å². The highest BCUT2D eigenvalue weighted by Gasteiger charge is 2.10. The van der Waals surface area contributed by atoms with Gasteiger partial charge in [-0.05, 0) is 24.9 Å². The molecule has 28 heavy (non-hydrogen) atoms. The molecule has 0 saturated carbocycles. The van der Waals surface area contributed by atoms with Gasteiger partial charge in [0, 0.05) is 45.4 Å². The van der Waals surface area contributed by atoms with Gasteiger partial charge in [0.1, 0.15) is 0 Å². The largest absolute Gasteiger partial charge is 0.379 e. The molecule has 0 bridgehead atoms. The van der Waals surface area contributed by atoms with Crippen molar-refractivity contribution in [3.63, 3.8) is 0 Å². The highest BCUT2D eigenvalue weighted by Crippen LogP contribution is 2.12. The molecule has 2 rings (SSSR count). The molecule has 1 aromatic rings. The number of hydrogen-bond donors (Lipinski definition) is 1. The molecule has 1 N–H and O–H groups in total. The van der Waals surface area contributed by atoms with E-state index < -0.39 is 0 Å². The minimum absolute atomic E-state index is 0.106. The number of rotatable bonds is 10. The number of morpholine rings is 1. The van der Waals surface area contributed by atoms with Crippen LogP contribution in [-0.4, -0.2) is 73.7 Å². The third-order valence-corrected chi connectivity index (χ3v) is 4.81. The van der Waals surface area contributed by atoms with Gasteiger partial charge in [-0.1, -0.05) is 25.5 Å². The number of nitrogens with one attached hydrogen (secondary N) is 1. The molecule has 1 saturated heterocycles. The van der Waals surface area contributed by atoms with Crippen LogP contribution in [0.25, 0.3) is 0 Å². The van der Waals surface area contributed by atoms with E-state index in [1.54, 1.807) is 12.1 Å². The fraction of sp³-hybridized carbons (Fsp3) is 0.650. The molecule has 8 heteroatoms. The number of hydrogen-bond acceptors (Lipinski definition) is 5. The Morgan fingerprint density at radius 3 is 2.64 bits per heavy atom. The lowest BCUT2D eigenvalue weighted by Gasteiger charge is -2.27. The van der Waals surface area contributed by atoms with Gasteiger partial charge in [0.25, 0.3) is 5.69 Å². The predicted molar refractivity (Wildman–Crippen MR) is 112 cm³/mol. The maximum Gasteiger partial charge on any atom is 0.269 e. The average Bonchev–Trinajstić information content (AvgIpc) is 2.72. The molecule has 1 aromatic carbocycles. The zero-order chi connectivity index (χ0) is 20.2. The molecule has 0 spiro atoms. The Morgan fingerprint density at radius 2 is 2.00 bits per heavy atom. The molecular formula is C20H33N5O3. The van der Waals surface area contributed by atoms with E-state index in [-0.39, 0.29) is 10.6 Å². The smallest absolute Gasteiger partial charge is 0.269 e. The predicted octanol–water partition coefficient (Wildman–Crippen LogP) is 2.49. The summed E-state index contributed by atoms with van der Waals surface area (Å²) in [5, 5.41) is 14.3. The van der Waals surface area contributed by atoms with Gasteiger partial charge in [-0.2, -0.15) is 0 Å². The van der Waals surface area contributed by atoms with Gasteiger partial charge in [0.05, 0.1) is 24.7 Å². The summed E-state index contributed by atoms with van der Waals surface area (Å²) in [6.45, 7) is 9.24. The monoisotopic (exact) mass is 391 g/mol. The Labute approximate surface area is 167 Å². The summed E-state index contributed by atoms with van der Waals surface area (Å²) in [6, 6.07) is 6.59. The summed E-state index contributed by atoms with van der Waals surface area (Å²) in [5.74, 6) is 0.883. The third kappa shape index (κ3) is 7.82. The standard InChI is InChI=1S/C20H33N5O3/c1-3-4-11-23(2)20(21-10-5-12-24-13-15-28-16-14-24)22-17-18-6-8-19(9-7-18)25(26)27/h6-9H,3-5,10-17H2,1-2H3,(H,21,22). The fourth-order valence-electron chi connectivity index (χ4n) is 3.03. The van der Waals surface area contributed by atoms with Gasteiger partial charge in [-0.25, -0.2) is 4.99 Å². The zero-order valence-corrected chi connectivity index (χ0v) is 17.1. The molecule has 0 amide bonds.